The predicted molar refractivity (Wildman–Crippen MR) is 115 cm³/mol. The quantitative estimate of drug-likeness (QED) is 0.599. The van der Waals surface area contributed by atoms with E-state index in [-0.39, 0.29) is 16.9 Å². The van der Waals surface area contributed by atoms with Gasteiger partial charge in [-0.1, -0.05) is 26.0 Å². The lowest BCUT2D eigenvalue weighted by Gasteiger charge is -2.57. The number of fused-ring (bicyclic) bond motifs is 5. The monoisotopic (exact) mass is 415 g/mol. The molecule has 3 N–H and O–H groups in total. The van der Waals surface area contributed by atoms with Gasteiger partial charge in [0.15, 0.2) is 0 Å². The number of hydrogen-bond acceptors (Lipinski definition) is 6. The molecule has 0 aromatic carbocycles. The van der Waals surface area contributed by atoms with E-state index >= 15 is 0 Å². The lowest BCUT2D eigenvalue weighted by Crippen LogP contribution is -2.54. The Labute approximate surface area is 180 Å². The predicted octanol–water partition coefficient (Wildman–Crippen LogP) is 3.23. The topological polar surface area (TPSA) is 71.6 Å². The third-order valence-electron chi connectivity index (χ3n) is 9.21. The van der Waals surface area contributed by atoms with Crippen LogP contribution in [0.25, 0.3) is 0 Å². The van der Waals surface area contributed by atoms with Gasteiger partial charge >= 0.3 is 0 Å². The standard InChI is InChI=1S/C24H37N3O3/c1-23-9-6-16(26-30-17-8-11-25-14-17)12-15(23)13-20(27-29-3)22-18-4-5-21(28)24(18,2)10-7-19(22)23/h12-13,15,17-19,22,25-27H,4-11,14H2,1-3H3/t15?,17-,18+,19+,22+,23+,24+/m1/s1. The highest BCUT2D eigenvalue weighted by Crippen LogP contribution is 2.64. The zero-order valence-corrected chi connectivity index (χ0v) is 18.6. The summed E-state index contributed by atoms with van der Waals surface area (Å²) >= 11 is 0. The van der Waals surface area contributed by atoms with Crippen molar-refractivity contribution in [1.29, 1.82) is 0 Å². The van der Waals surface area contributed by atoms with Crippen LogP contribution >= 0.6 is 0 Å². The molecule has 166 valence electrons. The number of hydrogen-bond donors (Lipinski definition) is 3. The van der Waals surface area contributed by atoms with Crippen molar-refractivity contribution in [2.45, 2.75) is 64.9 Å². The van der Waals surface area contributed by atoms with Gasteiger partial charge in [-0.2, -0.15) is 0 Å². The molecular formula is C24H37N3O3. The van der Waals surface area contributed by atoms with Crippen LogP contribution in [-0.2, 0) is 14.5 Å². The lowest BCUT2D eigenvalue weighted by atomic mass is 9.47. The van der Waals surface area contributed by atoms with Crippen molar-refractivity contribution >= 4 is 5.78 Å². The molecule has 5 rings (SSSR count). The van der Waals surface area contributed by atoms with E-state index in [0.29, 0.717) is 29.5 Å². The number of Topliss-reactive ketones (excluding diaryl/α,β-unsaturated/α-hetero) is 1. The number of nitrogens with one attached hydrogen (secondary N) is 3. The Balaban J connectivity index is 1.43. The van der Waals surface area contributed by atoms with Gasteiger partial charge in [0.1, 0.15) is 5.78 Å². The summed E-state index contributed by atoms with van der Waals surface area (Å²) in [5, 5.41) is 3.35. The zero-order chi connectivity index (χ0) is 20.9. The average molecular weight is 416 g/mol. The van der Waals surface area contributed by atoms with Gasteiger partial charge in [0.05, 0.1) is 13.2 Å². The van der Waals surface area contributed by atoms with Crippen LogP contribution in [0.5, 0.6) is 0 Å². The third-order valence-corrected chi connectivity index (χ3v) is 9.21. The van der Waals surface area contributed by atoms with E-state index in [0.717, 1.165) is 58.0 Å². The van der Waals surface area contributed by atoms with Crippen molar-refractivity contribution in [3.8, 4) is 0 Å². The van der Waals surface area contributed by atoms with Gasteiger partial charge in [-0.3, -0.25) is 25.4 Å². The molecule has 1 heterocycles. The molecule has 0 amide bonds. The number of carbonyl (C=O) groups is 1. The number of allylic oxidation sites excluding steroid dienone is 4. The minimum atomic E-state index is -0.154. The molecule has 7 atom stereocenters. The molecule has 0 radical (unpaired) electrons. The first-order chi connectivity index (χ1) is 14.5. The fraction of sp³-hybridized carbons (Fsp3) is 0.792. The molecule has 3 fully saturated rings. The van der Waals surface area contributed by atoms with E-state index < -0.39 is 0 Å². The molecule has 2 saturated carbocycles. The number of rotatable bonds is 5. The van der Waals surface area contributed by atoms with E-state index in [1.165, 1.54) is 11.4 Å². The second-order valence-corrected chi connectivity index (χ2v) is 10.6. The summed E-state index contributed by atoms with van der Waals surface area (Å²) in [4.78, 5) is 24.1. The molecule has 0 aromatic heterocycles. The summed E-state index contributed by atoms with van der Waals surface area (Å²) < 4.78 is 0. The molecule has 0 bridgehead atoms. The highest BCUT2D eigenvalue weighted by atomic mass is 16.7. The van der Waals surface area contributed by atoms with E-state index in [4.69, 9.17) is 9.68 Å². The van der Waals surface area contributed by atoms with Crippen LogP contribution in [0.1, 0.15) is 58.8 Å². The van der Waals surface area contributed by atoms with Crippen molar-refractivity contribution in [3.05, 3.63) is 23.5 Å². The maximum Gasteiger partial charge on any atom is 0.139 e. The van der Waals surface area contributed by atoms with Crippen LogP contribution in [0, 0.1) is 34.5 Å². The van der Waals surface area contributed by atoms with Gasteiger partial charge in [0.25, 0.3) is 0 Å². The second-order valence-electron chi connectivity index (χ2n) is 10.6. The van der Waals surface area contributed by atoms with E-state index in [9.17, 15) is 4.79 Å². The molecule has 1 unspecified atom stereocenters. The first-order valence-electron chi connectivity index (χ1n) is 11.8. The van der Waals surface area contributed by atoms with Gasteiger partial charge in [-0.15, -0.1) is 0 Å². The summed E-state index contributed by atoms with van der Waals surface area (Å²) in [6.45, 7) is 6.66. The molecule has 5 aliphatic rings. The molecule has 4 aliphatic carbocycles. The van der Waals surface area contributed by atoms with Crippen molar-refractivity contribution in [2.24, 2.45) is 34.5 Å². The van der Waals surface area contributed by atoms with E-state index in [1.807, 2.05) is 0 Å². The number of carbonyl (C=O) groups excluding carboxylic acids is 1. The SMILES string of the molecule is CONC1=CC2C=C(NO[C@@H]3CCNC3)CC[C@]2(C)[C@H]2CC[C@]3(C)C(=O)CC[C@H]3[C@H]12. The largest absolute Gasteiger partial charge is 0.314 e. The summed E-state index contributed by atoms with van der Waals surface area (Å²) in [5.41, 5.74) is 8.96. The maximum atomic E-state index is 12.7. The van der Waals surface area contributed by atoms with Crippen molar-refractivity contribution in [3.63, 3.8) is 0 Å². The van der Waals surface area contributed by atoms with Crippen LogP contribution in [0.4, 0.5) is 0 Å². The van der Waals surface area contributed by atoms with Gasteiger partial charge < -0.3 is 5.32 Å². The normalized spacial score (nSPS) is 45.2. The summed E-state index contributed by atoms with van der Waals surface area (Å²) in [7, 11) is 1.69. The fourth-order valence-corrected chi connectivity index (χ4v) is 7.32. The van der Waals surface area contributed by atoms with Crippen molar-refractivity contribution in [1.82, 2.24) is 16.3 Å². The average Bonchev–Trinajstić information content (AvgIpc) is 3.35. The minimum absolute atomic E-state index is 0.154. The summed E-state index contributed by atoms with van der Waals surface area (Å²) in [5.74, 6) is 2.21. The lowest BCUT2D eigenvalue weighted by molar-refractivity contribution is -0.132. The minimum Gasteiger partial charge on any atom is -0.314 e. The van der Waals surface area contributed by atoms with E-state index in [2.05, 4.69) is 42.3 Å². The van der Waals surface area contributed by atoms with E-state index in [1.54, 1.807) is 7.11 Å². The Kier molecular flexibility index (Phi) is 5.23. The zero-order valence-electron chi connectivity index (χ0n) is 18.6. The highest BCUT2D eigenvalue weighted by molar-refractivity contribution is 5.87. The third kappa shape index (κ3) is 3.14. The Morgan fingerprint density at radius 1 is 1.07 bits per heavy atom. The molecule has 0 aromatic rings. The number of hydroxylamine groups is 2. The Morgan fingerprint density at radius 2 is 1.93 bits per heavy atom. The van der Waals surface area contributed by atoms with Gasteiger partial charge in [0, 0.05) is 41.6 Å². The Bertz CT molecular complexity index is 759. The highest BCUT2D eigenvalue weighted by Gasteiger charge is 2.60. The van der Waals surface area contributed by atoms with Gasteiger partial charge in [-0.05, 0) is 62.3 Å². The molecule has 6 nitrogen and oxygen atoms in total. The first kappa shape index (κ1) is 20.5. The molecule has 0 spiro atoms. The van der Waals surface area contributed by atoms with Crippen LogP contribution < -0.4 is 16.3 Å². The summed E-state index contributed by atoms with van der Waals surface area (Å²) in [6, 6.07) is 0. The molecular weight excluding hydrogens is 378 g/mol. The molecule has 1 aliphatic heterocycles. The number of ketones is 1. The first-order valence-corrected chi connectivity index (χ1v) is 11.8. The second kappa shape index (κ2) is 7.64. The molecule has 6 heteroatoms. The van der Waals surface area contributed by atoms with Crippen molar-refractivity contribution < 1.29 is 14.5 Å². The van der Waals surface area contributed by atoms with Crippen LogP contribution in [0.3, 0.4) is 0 Å². The Hall–Kier alpha value is -1.37. The van der Waals surface area contributed by atoms with Crippen LogP contribution in [0.15, 0.2) is 23.5 Å². The molecule has 1 saturated heterocycles. The van der Waals surface area contributed by atoms with Crippen molar-refractivity contribution in [2.75, 3.05) is 20.2 Å². The fourth-order valence-electron chi connectivity index (χ4n) is 7.32. The maximum absolute atomic E-state index is 12.7. The van der Waals surface area contributed by atoms with Gasteiger partial charge in [0.2, 0.25) is 0 Å². The van der Waals surface area contributed by atoms with Crippen LogP contribution in [-0.4, -0.2) is 32.1 Å². The Morgan fingerprint density at radius 3 is 2.70 bits per heavy atom. The summed E-state index contributed by atoms with van der Waals surface area (Å²) in [6.07, 6.45) is 12.2. The van der Waals surface area contributed by atoms with Crippen LogP contribution in [0.2, 0.25) is 0 Å². The molecule has 30 heavy (non-hydrogen) atoms. The van der Waals surface area contributed by atoms with Gasteiger partial charge in [-0.25, -0.2) is 0 Å². The smallest absolute Gasteiger partial charge is 0.139 e.